The van der Waals surface area contributed by atoms with Crippen molar-refractivity contribution in [3.8, 4) is 0 Å². The van der Waals surface area contributed by atoms with Crippen LogP contribution in [-0.4, -0.2) is 29.4 Å². The Morgan fingerprint density at radius 1 is 1.15 bits per heavy atom. The highest BCUT2D eigenvalue weighted by Crippen LogP contribution is 2.13. The van der Waals surface area contributed by atoms with Crippen LogP contribution in [0.25, 0.3) is 0 Å². The first-order valence-corrected chi connectivity index (χ1v) is 6.98. The van der Waals surface area contributed by atoms with Gasteiger partial charge in [0.1, 0.15) is 6.04 Å². The summed E-state index contributed by atoms with van der Waals surface area (Å²) in [5, 5.41) is 0. The van der Waals surface area contributed by atoms with Crippen LogP contribution in [0, 0.1) is 5.92 Å². The average Bonchev–Trinajstić information content (AvgIpc) is 2.44. The second-order valence-corrected chi connectivity index (χ2v) is 5.03. The maximum Gasteiger partial charge on any atom is 0.328 e. The number of esters is 1. The Morgan fingerprint density at radius 3 is 2.25 bits per heavy atom. The lowest BCUT2D eigenvalue weighted by molar-refractivity contribution is -0.155. The molecule has 110 valence electrons. The zero-order chi connectivity index (χ0) is 15.1. The highest BCUT2D eigenvalue weighted by atomic mass is 16.5. The Hall–Kier alpha value is -1.84. The summed E-state index contributed by atoms with van der Waals surface area (Å²) in [5.74, 6) is -0.567. The molecule has 1 atom stereocenters. The molecule has 0 bridgehead atoms. The minimum Gasteiger partial charge on any atom is -0.464 e. The summed E-state index contributed by atoms with van der Waals surface area (Å²) in [6, 6.07) is 9.07. The second kappa shape index (κ2) is 7.68. The molecule has 0 aromatic heterocycles. The van der Waals surface area contributed by atoms with Crippen LogP contribution in [-0.2, 0) is 20.9 Å². The zero-order valence-corrected chi connectivity index (χ0v) is 12.6. The fraction of sp³-hybridized carbons (Fsp3) is 0.500. The summed E-state index contributed by atoms with van der Waals surface area (Å²) in [5.41, 5.74) is 0.998. The predicted octanol–water partition coefficient (Wildman–Crippen LogP) is 2.62. The van der Waals surface area contributed by atoms with Crippen molar-refractivity contribution in [3.63, 3.8) is 0 Å². The molecule has 1 rings (SSSR count). The summed E-state index contributed by atoms with van der Waals surface area (Å²) >= 11 is 0. The van der Waals surface area contributed by atoms with Gasteiger partial charge in [-0.1, -0.05) is 44.2 Å². The van der Waals surface area contributed by atoms with E-state index in [9.17, 15) is 9.59 Å². The molecule has 0 N–H and O–H groups in total. The number of hydrogen-bond donors (Lipinski definition) is 0. The molecule has 0 aliphatic rings. The van der Waals surface area contributed by atoms with Crippen LogP contribution in [0.5, 0.6) is 0 Å². The fourth-order valence-electron chi connectivity index (χ4n) is 1.91. The van der Waals surface area contributed by atoms with Crippen molar-refractivity contribution in [1.82, 2.24) is 4.90 Å². The van der Waals surface area contributed by atoms with Crippen LogP contribution in [0.15, 0.2) is 30.3 Å². The monoisotopic (exact) mass is 277 g/mol. The Morgan fingerprint density at radius 2 is 1.75 bits per heavy atom. The summed E-state index contributed by atoms with van der Waals surface area (Å²) in [6.07, 6.45) is 0. The largest absolute Gasteiger partial charge is 0.464 e. The lowest BCUT2D eigenvalue weighted by Crippen LogP contribution is -2.45. The number of carbonyl (C=O) groups is 2. The van der Waals surface area contributed by atoms with E-state index < -0.39 is 6.04 Å². The van der Waals surface area contributed by atoms with Crippen molar-refractivity contribution in [1.29, 1.82) is 0 Å². The number of rotatable bonds is 6. The van der Waals surface area contributed by atoms with E-state index in [1.165, 1.54) is 0 Å². The summed E-state index contributed by atoms with van der Waals surface area (Å²) < 4.78 is 5.02. The van der Waals surface area contributed by atoms with Gasteiger partial charge in [-0.2, -0.15) is 0 Å². The number of nitrogens with zero attached hydrogens (tertiary/aromatic N) is 1. The van der Waals surface area contributed by atoms with Crippen LogP contribution in [0.1, 0.15) is 33.3 Å². The van der Waals surface area contributed by atoms with Gasteiger partial charge in [-0.25, -0.2) is 4.79 Å². The van der Waals surface area contributed by atoms with Gasteiger partial charge < -0.3 is 9.64 Å². The van der Waals surface area contributed by atoms with E-state index in [0.717, 1.165) is 5.56 Å². The Kier molecular flexibility index (Phi) is 6.22. The standard InChI is InChI=1S/C16H23NO3/c1-5-20-16(19)13(4)17(15(18)12(2)3)11-14-9-7-6-8-10-14/h6-10,12-13H,5,11H2,1-4H3. The molecule has 1 amide bonds. The van der Waals surface area contributed by atoms with Crippen molar-refractivity contribution in [2.24, 2.45) is 5.92 Å². The van der Waals surface area contributed by atoms with Gasteiger partial charge in [0.15, 0.2) is 0 Å². The molecule has 0 fully saturated rings. The van der Waals surface area contributed by atoms with Crippen LogP contribution >= 0.6 is 0 Å². The van der Waals surface area contributed by atoms with Gasteiger partial charge in [0.05, 0.1) is 6.61 Å². The van der Waals surface area contributed by atoms with E-state index >= 15 is 0 Å². The first-order valence-electron chi connectivity index (χ1n) is 6.98. The molecule has 0 aliphatic carbocycles. The topological polar surface area (TPSA) is 46.6 Å². The molecular formula is C16H23NO3. The minimum atomic E-state index is -0.579. The van der Waals surface area contributed by atoms with Crippen LogP contribution < -0.4 is 0 Å². The van der Waals surface area contributed by atoms with Crippen LogP contribution in [0.2, 0.25) is 0 Å². The molecule has 1 aromatic carbocycles. The van der Waals surface area contributed by atoms with E-state index in [-0.39, 0.29) is 17.8 Å². The molecular weight excluding hydrogens is 254 g/mol. The quantitative estimate of drug-likeness (QED) is 0.751. The lowest BCUT2D eigenvalue weighted by Gasteiger charge is -2.29. The zero-order valence-electron chi connectivity index (χ0n) is 12.6. The molecule has 20 heavy (non-hydrogen) atoms. The summed E-state index contributed by atoms with van der Waals surface area (Å²) in [6.45, 7) is 7.87. The fourth-order valence-corrected chi connectivity index (χ4v) is 1.91. The van der Waals surface area contributed by atoms with E-state index in [2.05, 4.69) is 0 Å². The predicted molar refractivity (Wildman–Crippen MR) is 77.9 cm³/mol. The number of benzene rings is 1. The molecule has 0 spiro atoms. The van der Waals surface area contributed by atoms with Crippen LogP contribution in [0.3, 0.4) is 0 Å². The normalized spacial score (nSPS) is 12.1. The van der Waals surface area contributed by atoms with Gasteiger partial charge in [0.25, 0.3) is 0 Å². The van der Waals surface area contributed by atoms with Gasteiger partial charge in [0.2, 0.25) is 5.91 Å². The Balaban J connectivity index is 2.91. The molecule has 0 heterocycles. The SMILES string of the molecule is CCOC(=O)C(C)N(Cc1ccccc1)C(=O)C(C)C. The molecule has 0 saturated heterocycles. The van der Waals surface area contributed by atoms with Gasteiger partial charge in [-0.3, -0.25) is 4.79 Å². The van der Waals surface area contributed by atoms with E-state index in [4.69, 9.17) is 4.74 Å². The van der Waals surface area contributed by atoms with Crippen molar-refractivity contribution in [2.75, 3.05) is 6.61 Å². The summed E-state index contributed by atoms with van der Waals surface area (Å²) in [7, 11) is 0. The van der Waals surface area contributed by atoms with E-state index in [0.29, 0.717) is 13.2 Å². The molecule has 0 saturated carbocycles. The van der Waals surface area contributed by atoms with Crippen molar-refractivity contribution >= 4 is 11.9 Å². The average molecular weight is 277 g/mol. The first kappa shape index (κ1) is 16.2. The van der Waals surface area contributed by atoms with Crippen molar-refractivity contribution in [2.45, 2.75) is 40.3 Å². The maximum atomic E-state index is 12.3. The third-order valence-corrected chi connectivity index (χ3v) is 3.07. The van der Waals surface area contributed by atoms with Gasteiger partial charge in [-0.05, 0) is 19.4 Å². The van der Waals surface area contributed by atoms with Gasteiger partial charge >= 0.3 is 5.97 Å². The third-order valence-electron chi connectivity index (χ3n) is 3.07. The molecule has 1 unspecified atom stereocenters. The molecule has 1 aromatic rings. The molecule has 4 nitrogen and oxygen atoms in total. The van der Waals surface area contributed by atoms with Crippen LogP contribution in [0.4, 0.5) is 0 Å². The second-order valence-electron chi connectivity index (χ2n) is 5.03. The molecule has 0 aliphatic heterocycles. The minimum absolute atomic E-state index is 0.0468. The van der Waals surface area contributed by atoms with Crippen molar-refractivity contribution in [3.05, 3.63) is 35.9 Å². The molecule has 4 heteroatoms. The number of ether oxygens (including phenoxy) is 1. The highest BCUT2D eigenvalue weighted by molar-refractivity contribution is 5.85. The van der Waals surface area contributed by atoms with Gasteiger partial charge in [0, 0.05) is 12.5 Å². The number of carbonyl (C=O) groups excluding carboxylic acids is 2. The lowest BCUT2D eigenvalue weighted by atomic mass is 10.1. The third kappa shape index (κ3) is 4.37. The molecule has 0 radical (unpaired) electrons. The summed E-state index contributed by atoms with van der Waals surface area (Å²) in [4.78, 5) is 25.8. The van der Waals surface area contributed by atoms with Gasteiger partial charge in [-0.15, -0.1) is 0 Å². The van der Waals surface area contributed by atoms with E-state index in [1.807, 2.05) is 44.2 Å². The number of amides is 1. The first-order chi connectivity index (χ1) is 9.47. The smallest absolute Gasteiger partial charge is 0.328 e. The Bertz CT molecular complexity index is 442. The number of hydrogen-bond acceptors (Lipinski definition) is 3. The van der Waals surface area contributed by atoms with E-state index in [1.54, 1.807) is 18.7 Å². The Labute approximate surface area is 120 Å². The highest BCUT2D eigenvalue weighted by Gasteiger charge is 2.28. The maximum absolute atomic E-state index is 12.3. The van der Waals surface area contributed by atoms with Crippen molar-refractivity contribution < 1.29 is 14.3 Å².